The highest BCUT2D eigenvalue weighted by Gasteiger charge is 2.41. The Kier molecular flexibility index (Phi) is 2.72. The van der Waals surface area contributed by atoms with Gasteiger partial charge < -0.3 is 4.74 Å². The number of esters is 1. The van der Waals surface area contributed by atoms with Crippen molar-refractivity contribution in [2.45, 2.75) is 31.8 Å². The largest absolute Gasteiger partial charge is 0.461 e. The second-order valence-corrected chi connectivity index (χ2v) is 5.88. The fourth-order valence-corrected chi connectivity index (χ4v) is 3.05. The smallest absolute Gasteiger partial charge is 0.323 e. The molecule has 1 N–H and O–H groups in total. The fraction of sp³-hybridized carbons (Fsp3) is 0.889. The van der Waals surface area contributed by atoms with E-state index in [2.05, 4.69) is 0 Å². The molecule has 5 nitrogen and oxygen atoms in total. The van der Waals surface area contributed by atoms with Crippen LogP contribution in [0.4, 0.5) is 0 Å². The van der Waals surface area contributed by atoms with Crippen LogP contribution in [-0.2, 0) is 19.6 Å². The molecule has 0 amide bonds. The first-order valence-electron chi connectivity index (χ1n) is 5.08. The molecule has 2 fully saturated rings. The third-order valence-electron chi connectivity index (χ3n) is 3.26. The van der Waals surface area contributed by atoms with Gasteiger partial charge in [0, 0.05) is 0 Å². The van der Waals surface area contributed by atoms with Gasteiger partial charge >= 0.3 is 5.97 Å². The number of carbonyl (C=O) groups is 1. The molecular weight excluding hydrogens is 220 g/mol. The highest BCUT2D eigenvalue weighted by molar-refractivity contribution is 7.86. The van der Waals surface area contributed by atoms with Gasteiger partial charge in [0.05, 0.1) is 0 Å². The highest BCUT2D eigenvalue weighted by atomic mass is 32.2. The van der Waals surface area contributed by atoms with Crippen LogP contribution in [0.2, 0.25) is 0 Å². The molecule has 0 radical (unpaired) electrons. The molecule has 15 heavy (non-hydrogen) atoms. The van der Waals surface area contributed by atoms with Crippen LogP contribution < -0.4 is 0 Å². The monoisotopic (exact) mass is 234 g/mol. The summed E-state index contributed by atoms with van der Waals surface area (Å²) in [7, 11) is -4.25. The second-order valence-electron chi connectivity index (χ2n) is 4.43. The van der Waals surface area contributed by atoms with Crippen LogP contribution in [0.3, 0.4) is 0 Å². The fourth-order valence-electron chi connectivity index (χ4n) is 2.68. The quantitative estimate of drug-likeness (QED) is 0.571. The number of ether oxygens (including phenoxy) is 1. The number of carbonyl (C=O) groups excluding carboxylic acids is 1. The predicted octanol–water partition coefficient (Wildman–Crippen LogP) is 0.606. The normalized spacial score (nSPS) is 34.3. The summed E-state index contributed by atoms with van der Waals surface area (Å²) in [6.45, 7) is 0. The maximum atomic E-state index is 11.1. The van der Waals surface area contributed by atoms with E-state index >= 15 is 0 Å². The molecule has 0 saturated heterocycles. The Morgan fingerprint density at radius 2 is 2.07 bits per heavy atom. The van der Waals surface area contributed by atoms with E-state index in [1.165, 1.54) is 6.42 Å². The van der Waals surface area contributed by atoms with Gasteiger partial charge in [-0.1, -0.05) is 0 Å². The van der Waals surface area contributed by atoms with Crippen LogP contribution >= 0.6 is 0 Å². The summed E-state index contributed by atoms with van der Waals surface area (Å²) < 4.78 is 34.4. The Morgan fingerprint density at radius 1 is 1.33 bits per heavy atom. The third kappa shape index (κ3) is 2.69. The van der Waals surface area contributed by atoms with E-state index < -0.39 is 21.8 Å². The average molecular weight is 234 g/mol. The van der Waals surface area contributed by atoms with Crippen LogP contribution in [-0.4, -0.2) is 30.8 Å². The Balaban J connectivity index is 1.85. The van der Waals surface area contributed by atoms with E-state index in [1.54, 1.807) is 0 Å². The zero-order valence-electron chi connectivity index (χ0n) is 8.26. The minimum atomic E-state index is -4.25. The number of hydrogen-bond acceptors (Lipinski definition) is 4. The average Bonchev–Trinajstić information content (AvgIpc) is 2.60. The van der Waals surface area contributed by atoms with Crippen molar-refractivity contribution >= 4 is 16.1 Å². The molecule has 0 aromatic rings. The van der Waals surface area contributed by atoms with Crippen LogP contribution in [0.5, 0.6) is 0 Å². The van der Waals surface area contributed by atoms with E-state index in [1.807, 2.05) is 0 Å². The first-order chi connectivity index (χ1) is 6.94. The van der Waals surface area contributed by atoms with Gasteiger partial charge in [-0.15, -0.1) is 0 Å². The molecule has 3 atom stereocenters. The molecule has 0 heterocycles. The van der Waals surface area contributed by atoms with Crippen LogP contribution in [0.25, 0.3) is 0 Å². The van der Waals surface area contributed by atoms with Crippen molar-refractivity contribution in [1.29, 1.82) is 0 Å². The van der Waals surface area contributed by atoms with Gasteiger partial charge in [0.15, 0.2) is 5.75 Å². The summed E-state index contributed by atoms with van der Waals surface area (Å²) >= 11 is 0. The Labute approximate surface area is 88.6 Å². The molecule has 2 saturated carbocycles. The lowest BCUT2D eigenvalue weighted by atomic mass is 9.98. The van der Waals surface area contributed by atoms with Gasteiger partial charge in [-0.2, -0.15) is 8.42 Å². The zero-order valence-corrected chi connectivity index (χ0v) is 9.07. The van der Waals surface area contributed by atoms with Crippen LogP contribution in [0.15, 0.2) is 0 Å². The standard InChI is InChI=1S/C9H14O5S/c10-9(5-15(11,12)13)14-8-4-6-1-2-7(8)3-6/h6-8H,1-5H2,(H,11,12,13). The maximum absolute atomic E-state index is 11.1. The molecular formula is C9H14O5S. The Bertz CT molecular complexity index is 361. The molecule has 3 unspecified atom stereocenters. The van der Waals surface area contributed by atoms with Crippen molar-refractivity contribution in [3.8, 4) is 0 Å². The van der Waals surface area contributed by atoms with Crippen molar-refractivity contribution < 1.29 is 22.5 Å². The van der Waals surface area contributed by atoms with E-state index in [-0.39, 0.29) is 6.10 Å². The van der Waals surface area contributed by atoms with Crippen LogP contribution in [0.1, 0.15) is 25.7 Å². The topological polar surface area (TPSA) is 80.7 Å². The van der Waals surface area contributed by atoms with Gasteiger partial charge in [-0.05, 0) is 37.5 Å². The summed E-state index contributed by atoms with van der Waals surface area (Å²) in [6, 6.07) is 0. The molecule has 0 spiro atoms. The zero-order chi connectivity index (χ0) is 11.1. The van der Waals surface area contributed by atoms with Crippen molar-refractivity contribution in [3.05, 3.63) is 0 Å². The Hall–Kier alpha value is -0.620. The number of hydrogen-bond donors (Lipinski definition) is 1. The summed E-state index contributed by atoms with van der Waals surface area (Å²) in [6.07, 6.45) is 4.06. The highest BCUT2D eigenvalue weighted by Crippen LogP contribution is 2.45. The van der Waals surface area contributed by atoms with Gasteiger partial charge in [-0.3, -0.25) is 9.35 Å². The molecule has 0 aromatic heterocycles. The first-order valence-corrected chi connectivity index (χ1v) is 6.69. The minimum absolute atomic E-state index is 0.127. The molecule has 0 aliphatic heterocycles. The van der Waals surface area contributed by atoms with Crippen molar-refractivity contribution in [2.75, 3.05) is 5.75 Å². The summed E-state index contributed by atoms with van der Waals surface area (Å²) in [4.78, 5) is 11.1. The lowest BCUT2D eigenvalue weighted by Gasteiger charge is -2.21. The lowest BCUT2D eigenvalue weighted by molar-refractivity contribution is -0.148. The molecule has 2 aliphatic rings. The number of rotatable bonds is 3. The SMILES string of the molecule is O=C(CS(=O)(=O)O)OC1CC2CCC1C2. The van der Waals surface area contributed by atoms with E-state index in [0.717, 1.165) is 19.3 Å². The number of fused-ring (bicyclic) bond motifs is 2. The minimum Gasteiger partial charge on any atom is -0.461 e. The van der Waals surface area contributed by atoms with Crippen LogP contribution in [0, 0.1) is 11.8 Å². The van der Waals surface area contributed by atoms with Gasteiger partial charge in [0.1, 0.15) is 6.10 Å². The second kappa shape index (κ2) is 3.75. The summed E-state index contributed by atoms with van der Waals surface area (Å²) in [5, 5.41) is 0. The molecule has 2 aliphatic carbocycles. The van der Waals surface area contributed by atoms with Gasteiger partial charge in [0.2, 0.25) is 0 Å². The molecule has 86 valence electrons. The van der Waals surface area contributed by atoms with E-state index in [4.69, 9.17) is 9.29 Å². The van der Waals surface area contributed by atoms with E-state index in [0.29, 0.717) is 11.8 Å². The summed E-state index contributed by atoms with van der Waals surface area (Å²) in [5.74, 6) is -0.727. The van der Waals surface area contributed by atoms with Gasteiger partial charge in [0.25, 0.3) is 10.1 Å². The Morgan fingerprint density at radius 3 is 2.53 bits per heavy atom. The predicted molar refractivity (Wildman–Crippen MR) is 51.7 cm³/mol. The first kappa shape index (κ1) is 10.9. The maximum Gasteiger partial charge on any atom is 0.323 e. The van der Waals surface area contributed by atoms with Crippen molar-refractivity contribution in [1.82, 2.24) is 0 Å². The summed E-state index contributed by atoms with van der Waals surface area (Å²) in [5.41, 5.74) is 0. The molecule has 2 rings (SSSR count). The molecule has 6 heteroatoms. The molecule has 0 aromatic carbocycles. The molecule has 2 bridgehead atoms. The van der Waals surface area contributed by atoms with Crippen molar-refractivity contribution in [3.63, 3.8) is 0 Å². The third-order valence-corrected chi connectivity index (χ3v) is 3.86. The van der Waals surface area contributed by atoms with Crippen molar-refractivity contribution in [2.24, 2.45) is 11.8 Å². The van der Waals surface area contributed by atoms with E-state index in [9.17, 15) is 13.2 Å². The van der Waals surface area contributed by atoms with Gasteiger partial charge in [-0.25, -0.2) is 0 Å². The lowest BCUT2D eigenvalue weighted by Crippen LogP contribution is -2.27.